The second-order valence-corrected chi connectivity index (χ2v) is 8.00. The summed E-state index contributed by atoms with van der Waals surface area (Å²) in [5.41, 5.74) is -0.504. The number of carbonyl (C=O) groups excluding carboxylic acids is 2. The molecule has 2 aliphatic heterocycles. The first kappa shape index (κ1) is 21.5. The molecule has 2 N–H and O–H groups in total. The minimum atomic E-state index is -0.504. The second kappa shape index (κ2) is 9.92. The molecule has 27 heavy (non-hydrogen) atoms. The van der Waals surface area contributed by atoms with Gasteiger partial charge in [-0.1, -0.05) is 0 Å². The molecule has 2 aliphatic rings. The van der Waals surface area contributed by atoms with E-state index in [2.05, 4.69) is 25.4 Å². The second-order valence-electron chi connectivity index (χ2n) is 8.00. The Morgan fingerprint density at radius 3 is 2.15 bits per heavy atom. The number of carbonyl (C=O) groups is 2. The third-order valence-corrected chi connectivity index (χ3v) is 5.34. The smallest absolute Gasteiger partial charge is 0.236 e. The SMILES string of the molecule is CCNC(=O)C(C)(C)CNC(=NC)N1CCN(CC(=O)N2CCCC2)CC1. The van der Waals surface area contributed by atoms with Crippen molar-refractivity contribution in [2.24, 2.45) is 10.4 Å². The predicted molar refractivity (Wildman–Crippen MR) is 108 cm³/mol. The molecule has 2 heterocycles. The summed E-state index contributed by atoms with van der Waals surface area (Å²) in [5, 5.41) is 6.22. The highest BCUT2D eigenvalue weighted by Gasteiger charge is 2.29. The highest BCUT2D eigenvalue weighted by atomic mass is 16.2. The van der Waals surface area contributed by atoms with Crippen LogP contribution in [0.4, 0.5) is 0 Å². The van der Waals surface area contributed by atoms with Crippen LogP contribution in [0.2, 0.25) is 0 Å². The lowest BCUT2D eigenvalue weighted by atomic mass is 9.92. The van der Waals surface area contributed by atoms with Gasteiger partial charge in [0.1, 0.15) is 0 Å². The van der Waals surface area contributed by atoms with Gasteiger partial charge in [0.2, 0.25) is 11.8 Å². The lowest BCUT2D eigenvalue weighted by Crippen LogP contribution is -2.55. The number of guanidine groups is 1. The molecule has 0 atom stereocenters. The van der Waals surface area contributed by atoms with Crippen molar-refractivity contribution in [3.05, 3.63) is 0 Å². The Hall–Kier alpha value is -1.83. The van der Waals surface area contributed by atoms with Gasteiger partial charge in [0.25, 0.3) is 0 Å². The Balaban J connectivity index is 1.77. The molecule has 0 spiro atoms. The van der Waals surface area contributed by atoms with Crippen LogP contribution < -0.4 is 10.6 Å². The van der Waals surface area contributed by atoms with Gasteiger partial charge in [-0.05, 0) is 33.6 Å². The van der Waals surface area contributed by atoms with Gasteiger partial charge in [0.15, 0.2) is 5.96 Å². The van der Waals surface area contributed by atoms with Crippen LogP contribution in [0.15, 0.2) is 4.99 Å². The van der Waals surface area contributed by atoms with Crippen LogP contribution in [-0.4, -0.2) is 98.4 Å². The molecule has 0 saturated carbocycles. The lowest BCUT2D eigenvalue weighted by molar-refractivity contribution is -0.131. The first-order valence-electron chi connectivity index (χ1n) is 10.1. The Morgan fingerprint density at radius 2 is 1.59 bits per heavy atom. The van der Waals surface area contributed by atoms with Crippen molar-refractivity contribution >= 4 is 17.8 Å². The summed E-state index contributed by atoms with van der Waals surface area (Å²) in [5.74, 6) is 1.11. The number of piperazine rings is 1. The number of nitrogens with zero attached hydrogens (tertiary/aromatic N) is 4. The summed E-state index contributed by atoms with van der Waals surface area (Å²) in [6.07, 6.45) is 2.27. The van der Waals surface area contributed by atoms with E-state index >= 15 is 0 Å². The van der Waals surface area contributed by atoms with E-state index in [1.165, 1.54) is 0 Å². The Morgan fingerprint density at radius 1 is 0.963 bits per heavy atom. The van der Waals surface area contributed by atoms with Crippen molar-refractivity contribution in [1.82, 2.24) is 25.3 Å². The van der Waals surface area contributed by atoms with Gasteiger partial charge in [0.05, 0.1) is 12.0 Å². The third-order valence-electron chi connectivity index (χ3n) is 5.34. The van der Waals surface area contributed by atoms with Gasteiger partial charge < -0.3 is 20.4 Å². The molecule has 0 unspecified atom stereocenters. The molecule has 8 nitrogen and oxygen atoms in total. The third kappa shape index (κ3) is 6.09. The summed E-state index contributed by atoms with van der Waals surface area (Å²) >= 11 is 0. The zero-order valence-electron chi connectivity index (χ0n) is 17.4. The quantitative estimate of drug-likeness (QED) is 0.499. The van der Waals surface area contributed by atoms with Crippen LogP contribution in [0.1, 0.15) is 33.6 Å². The number of nitrogens with one attached hydrogen (secondary N) is 2. The molecule has 0 radical (unpaired) electrons. The van der Waals surface area contributed by atoms with Gasteiger partial charge >= 0.3 is 0 Å². The molecule has 2 rings (SSSR count). The summed E-state index contributed by atoms with van der Waals surface area (Å²) in [6, 6.07) is 0. The maximum atomic E-state index is 12.3. The zero-order chi connectivity index (χ0) is 19.9. The molecule has 0 bridgehead atoms. The normalized spacial score (nSPS) is 19.3. The van der Waals surface area contributed by atoms with Gasteiger partial charge in [0, 0.05) is 59.4 Å². The van der Waals surface area contributed by atoms with E-state index in [1.54, 1.807) is 7.05 Å². The summed E-state index contributed by atoms with van der Waals surface area (Å²) in [7, 11) is 1.77. The summed E-state index contributed by atoms with van der Waals surface area (Å²) in [6.45, 7) is 12.6. The Labute approximate surface area is 163 Å². The fourth-order valence-electron chi connectivity index (χ4n) is 3.49. The number of rotatable bonds is 6. The van der Waals surface area contributed by atoms with Crippen LogP contribution in [0.5, 0.6) is 0 Å². The van der Waals surface area contributed by atoms with Crippen molar-refractivity contribution in [2.45, 2.75) is 33.6 Å². The minimum Gasteiger partial charge on any atom is -0.356 e. The predicted octanol–water partition coefficient (Wildman–Crippen LogP) is -0.0359. The number of amides is 2. The first-order valence-corrected chi connectivity index (χ1v) is 10.1. The van der Waals surface area contributed by atoms with Crippen LogP contribution in [0.25, 0.3) is 0 Å². The van der Waals surface area contributed by atoms with Crippen molar-refractivity contribution < 1.29 is 9.59 Å². The first-order chi connectivity index (χ1) is 12.9. The van der Waals surface area contributed by atoms with Crippen LogP contribution in [0, 0.1) is 5.41 Å². The molecule has 2 fully saturated rings. The number of likely N-dealkylation sites (tertiary alicyclic amines) is 1. The summed E-state index contributed by atoms with van der Waals surface area (Å²) in [4.78, 5) is 35.2. The van der Waals surface area contributed by atoms with Crippen molar-refractivity contribution in [2.75, 3.05) is 66.0 Å². The monoisotopic (exact) mass is 380 g/mol. The fraction of sp³-hybridized carbons (Fsp3) is 0.842. The van der Waals surface area contributed by atoms with Crippen LogP contribution in [-0.2, 0) is 9.59 Å². The van der Waals surface area contributed by atoms with E-state index < -0.39 is 5.41 Å². The van der Waals surface area contributed by atoms with Gasteiger partial charge in [-0.2, -0.15) is 0 Å². The zero-order valence-corrected chi connectivity index (χ0v) is 17.4. The Bertz CT molecular complexity index is 534. The van der Waals surface area contributed by atoms with Gasteiger partial charge in [-0.25, -0.2) is 0 Å². The highest BCUT2D eigenvalue weighted by molar-refractivity contribution is 5.84. The number of hydrogen-bond donors (Lipinski definition) is 2. The maximum absolute atomic E-state index is 12.3. The van der Waals surface area contributed by atoms with E-state index in [0.717, 1.165) is 58.1 Å². The largest absolute Gasteiger partial charge is 0.356 e. The molecule has 2 amide bonds. The van der Waals surface area contributed by atoms with E-state index in [-0.39, 0.29) is 11.8 Å². The molecule has 154 valence electrons. The van der Waals surface area contributed by atoms with E-state index in [1.807, 2.05) is 25.7 Å². The van der Waals surface area contributed by atoms with Crippen molar-refractivity contribution in [3.63, 3.8) is 0 Å². The minimum absolute atomic E-state index is 0.0400. The topological polar surface area (TPSA) is 80.3 Å². The lowest BCUT2D eigenvalue weighted by Gasteiger charge is -2.37. The van der Waals surface area contributed by atoms with E-state index in [9.17, 15) is 9.59 Å². The van der Waals surface area contributed by atoms with Crippen LogP contribution >= 0.6 is 0 Å². The molecule has 2 saturated heterocycles. The van der Waals surface area contributed by atoms with Crippen LogP contribution in [0.3, 0.4) is 0 Å². The maximum Gasteiger partial charge on any atom is 0.236 e. The molecule has 0 aromatic heterocycles. The molecule has 0 aliphatic carbocycles. The average molecular weight is 381 g/mol. The van der Waals surface area contributed by atoms with E-state index in [0.29, 0.717) is 19.6 Å². The van der Waals surface area contributed by atoms with Crippen molar-refractivity contribution in [1.29, 1.82) is 0 Å². The molecular weight excluding hydrogens is 344 g/mol. The fourth-order valence-corrected chi connectivity index (χ4v) is 3.49. The Kier molecular flexibility index (Phi) is 7.89. The standard InChI is InChI=1S/C19H36N6O2/c1-5-21-17(27)19(2,3)15-22-18(20-4)25-12-10-23(11-13-25)14-16(26)24-8-6-7-9-24/h5-15H2,1-4H3,(H,20,22)(H,21,27). The average Bonchev–Trinajstić information content (AvgIpc) is 3.18. The summed E-state index contributed by atoms with van der Waals surface area (Å²) < 4.78 is 0. The molecule has 0 aromatic rings. The van der Waals surface area contributed by atoms with E-state index in [4.69, 9.17) is 0 Å². The van der Waals surface area contributed by atoms with Gasteiger partial charge in [-0.15, -0.1) is 0 Å². The number of aliphatic imine (C=N–C) groups is 1. The molecular formula is C19H36N6O2. The molecule has 8 heteroatoms. The number of hydrogen-bond acceptors (Lipinski definition) is 4. The molecule has 0 aromatic carbocycles. The van der Waals surface area contributed by atoms with Gasteiger partial charge in [-0.3, -0.25) is 19.5 Å². The highest BCUT2D eigenvalue weighted by Crippen LogP contribution is 2.14. The van der Waals surface area contributed by atoms with Crippen molar-refractivity contribution in [3.8, 4) is 0 Å².